The molecule has 1 aromatic heterocycles. The van der Waals surface area contributed by atoms with Crippen LogP contribution < -0.4 is 10.6 Å². The average Bonchev–Trinajstić information content (AvgIpc) is 2.87. The van der Waals surface area contributed by atoms with Gasteiger partial charge in [0.25, 0.3) is 0 Å². The lowest BCUT2D eigenvalue weighted by Crippen LogP contribution is -2.47. The Morgan fingerprint density at radius 2 is 2.14 bits per heavy atom. The maximum atomic E-state index is 11.9. The van der Waals surface area contributed by atoms with Gasteiger partial charge in [-0.2, -0.15) is 5.26 Å². The van der Waals surface area contributed by atoms with Gasteiger partial charge in [-0.1, -0.05) is 18.2 Å². The Morgan fingerprint density at radius 1 is 1.38 bits per heavy atom. The van der Waals surface area contributed by atoms with E-state index in [1.54, 1.807) is 17.4 Å². The zero-order valence-electron chi connectivity index (χ0n) is 11.0. The summed E-state index contributed by atoms with van der Waals surface area (Å²) in [4.78, 5) is 22.7. The lowest BCUT2D eigenvalue weighted by Gasteiger charge is -2.15. The van der Waals surface area contributed by atoms with Gasteiger partial charge in [-0.15, -0.1) is 11.3 Å². The second-order valence-electron chi connectivity index (χ2n) is 4.34. The van der Waals surface area contributed by atoms with Gasteiger partial charge in [0.1, 0.15) is 12.6 Å². The zero-order valence-corrected chi connectivity index (χ0v) is 11.8. The number of nitrogens with zero attached hydrogens (tertiary/aromatic N) is 1. The van der Waals surface area contributed by atoms with Crippen LogP contribution in [0, 0.1) is 11.3 Å². The van der Waals surface area contributed by atoms with Gasteiger partial charge in [0, 0.05) is 11.1 Å². The van der Waals surface area contributed by atoms with Crippen LogP contribution in [0.5, 0.6) is 0 Å². The fourth-order valence-corrected chi connectivity index (χ4v) is 2.99. The van der Waals surface area contributed by atoms with E-state index >= 15 is 0 Å². The first-order valence-electron chi connectivity index (χ1n) is 6.21. The van der Waals surface area contributed by atoms with Crippen LogP contribution in [0.4, 0.5) is 4.79 Å². The van der Waals surface area contributed by atoms with Gasteiger partial charge in [-0.25, -0.2) is 4.79 Å². The summed E-state index contributed by atoms with van der Waals surface area (Å²) in [7, 11) is 0. The molecular weight excluding hydrogens is 290 g/mol. The Bertz CT molecular complexity index is 705. The van der Waals surface area contributed by atoms with Crippen LogP contribution in [-0.4, -0.2) is 29.7 Å². The van der Waals surface area contributed by atoms with Gasteiger partial charge in [0.15, 0.2) is 0 Å². The molecule has 0 spiro atoms. The number of nitriles is 1. The number of thiophene rings is 1. The van der Waals surface area contributed by atoms with E-state index < -0.39 is 18.0 Å². The normalized spacial score (nSPS) is 11.6. The Balaban J connectivity index is 2.20. The zero-order chi connectivity index (χ0) is 15.2. The molecule has 0 aliphatic rings. The predicted molar refractivity (Wildman–Crippen MR) is 79.1 cm³/mol. The van der Waals surface area contributed by atoms with Gasteiger partial charge < -0.3 is 15.7 Å². The van der Waals surface area contributed by atoms with Crippen LogP contribution in [0.15, 0.2) is 29.6 Å². The van der Waals surface area contributed by atoms with Gasteiger partial charge in [-0.05, 0) is 22.4 Å². The molecule has 21 heavy (non-hydrogen) atoms. The summed E-state index contributed by atoms with van der Waals surface area (Å²) >= 11 is 1.55. The number of carbonyl (C=O) groups excluding carboxylic acids is 1. The number of benzene rings is 1. The minimum Gasteiger partial charge on any atom is -0.465 e. The molecular formula is C14H13N3O3S. The minimum atomic E-state index is -1.27. The smallest absolute Gasteiger partial charge is 0.405 e. The molecule has 2 rings (SSSR count). The van der Waals surface area contributed by atoms with Crippen molar-refractivity contribution in [3.63, 3.8) is 0 Å². The van der Waals surface area contributed by atoms with Crippen molar-refractivity contribution in [2.45, 2.75) is 12.5 Å². The summed E-state index contributed by atoms with van der Waals surface area (Å²) in [6.07, 6.45) is -1.03. The molecule has 108 valence electrons. The standard InChI is InChI=1S/C14H13N3O3S/c15-5-6-16-13(18)11(17-14(19)20)7-9-8-21-12-4-2-1-3-10(9)12/h1-4,8,11,17H,6-7H2,(H,16,18)(H,19,20). The summed E-state index contributed by atoms with van der Waals surface area (Å²) < 4.78 is 1.08. The Labute approximate surface area is 125 Å². The van der Waals surface area contributed by atoms with Crippen LogP contribution in [0.2, 0.25) is 0 Å². The number of fused-ring (bicyclic) bond motifs is 1. The molecule has 0 aliphatic heterocycles. The largest absolute Gasteiger partial charge is 0.465 e. The molecule has 0 fully saturated rings. The fraction of sp³-hybridized carbons (Fsp3) is 0.214. The quantitative estimate of drug-likeness (QED) is 0.732. The van der Waals surface area contributed by atoms with Crippen molar-refractivity contribution < 1.29 is 14.7 Å². The molecule has 0 radical (unpaired) electrons. The number of amides is 2. The maximum absolute atomic E-state index is 11.9. The van der Waals surface area contributed by atoms with Gasteiger partial charge in [-0.3, -0.25) is 4.79 Å². The van der Waals surface area contributed by atoms with E-state index in [1.807, 2.05) is 29.6 Å². The van der Waals surface area contributed by atoms with Crippen molar-refractivity contribution >= 4 is 33.4 Å². The van der Waals surface area contributed by atoms with Crippen molar-refractivity contribution in [2.75, 3.05) is 6.54 Å². The van der Waals surface area contributed by atoms with Gasteiger partial charge in [0.2, 0.25) is 5.91 Å². The van der Waals surface area contributed by atoms with E-state index in [0.29, 0.717) is 0 Å². The van der Waals surface area contributed by atoms with Gasteiger partial charge >= 0.3 is 6.09 Å². The molecule has 0 aliphatic carbocycles. The highest BCUT2D eigenvalue weighted by Gasteiger charge is 2.22. The molecule has 0 bridgehead atoms. The van der Waals surface area contributed by atoms with Crippen molar-refractivity contribution in [2.24, 2.45) is 0 Å². The molecule has 1 atom stereocenters. The van der Waals surface area contributed by atoms with E-state index in [0.717, 1.165) is 15.6 Å². The summed E-state index contributed by atoms with van der Waals surface area (Å²) in [5, 5.41) is 24.8. The molecule has 2 amide bonds. The van der Waals surface area contributed by atoms with E-state index in [1.165, 1.54) is 0 Å². The summed E-state index contributed by atoms with van der Waals surface area (Å²) in [5.74, 6) is -0.505. The number of rotatable bonds is 5. The molecule has 0 saturated carbocycles. The third-order valence-electron chi connectivity index (χ3n) is 2.94. The Hall–Kier alpha value is -2.59. The van der Waals surface area contributed by atoms with Crippen LogP contribution in [-0.2, 0) is 11.2 Å². The summed E-state index contributed by atoms with van der Waals surface area (Å²) in [6, 6.07) is 8.60. The molecule has 1 aromatic carbocycles. The van der Waals surface area contributed by atoms with E-state index in [2.05, 4.69) is 10.6 Å². The second-order valence-corrected chi connectivity index (χ2v) is 5.25. The van der Waals surface area contributed by atoms with Crippen molar-refractivity contribution in [3.05, 3.63) is 35.2 Å². The summed E-state index contributed by atoms with van der Waals surface area (Å²) in [5.41, 5.74) is 0.904. The van der Waals surface area contributed by atoms with Crippen LogP contribution in [0.1, 0.15) is 5.56 Å². The second kappa shape index (κ2) is 6.72. The lowest BCUT2D eigenvalue weighted by molar-refractivity contribution is -0.122. The monoisotopic (exact) mass is 303 g/mol. The van der Waals surface area contributed by atoms with E-state index in [9.17, 15) is 9.59 Å². The first-order chi connectivity index (χ1) is 10.1. The number of carbonyl (C=O) groups is 2. The Kier molecular flexibility index (Phi) is 4.74. The lowest BCUT2D eigenvalue weighted by atomic mass is 10.0. The van der Waals surface area contributed by atoms with E-state index in [4.69, 9.17) is 10.4 Å². The molecule has 6 nitrogen and oxygen atoms in total. The van der Waals surface area contributed by atoms with Crippen LogP contribution in [0.25, 0.3) is 10.1 Å². The molecule has 7 heteroatoms. The fourth-order valence-electron chi connectivity index (χ4n) is 2.02. The number of hydrogen-bond acceptors (Lipinski definition) is 4. The predicted octanol–water partition coefficient (Wildman–Crippen LogP) is 1.72. The highest BCUT2D eigenvalue weighted by atomic mass is 32.1. The molecule has 3 N–H and O–H groups in total. The van der Waals surface area contributed by atoms with E-state index in [-0.39, 0.29) is 13.0 Å². The highest BCUT2D eigenvalue weighted by molar-refractivity contribution is 7.17. The third-order valence-corrected chi connectivity index (χ3v) is 3.95. The number of hydrogen-bond donors (Lipinski definition) is 3. The van der Waals surface area contributed by atoms with Crippen molar-refractivity contribution in [1.82, 2.24) is 10.6 Å². The van der Waals surface area contributed by atoms with Gasteiger partial charge in [0.05, 0.1) is 6.07 Å². The van der Waals surface area contributed by atoms with Crippen LogP contribution >= 0.6 is 11.3 Å². The maximum Gasteiger partial charge on any atom is 0.405 e. The minimum absolute atomic E-state index is 0.152. The van der Waals surface area contributed by atoms with Crippen molar-refractivity contribution in [1.29, 1.82) is 5.26 Å². The Morgan fingerprint density at radius 3 is 2.86 bits per heavy atom. The highest BCUT2D eigenvalue weighted by Crippen LogP contribution is 2.26. The van der Waals surface area contributed by atoms with Crippen molar-refractivity contribution in [3.8, 4) is 6.07 Å². The third kappa shape index (κ3) is 3.70. The average molecular weight is 303 g/mol. The molecule has 0 saturated heterocycles. The number of carboxylic acid groups (broad SMARTS) is 1. The first kappa shape index (κ1) is 14.8. The first-order valence-corrected chi connectivity index (χ1v) is 7.09. The molecule has 2 aromatic rings. The number of nitrogens with one attached hydrogen (secondary N) is 2. The van der Waals surface area contributed by atoms with Crippen LogP contribution in [0.3, 0.4) is 0 Å². The molecule has 1 unspecified atom stereocenters. The topological polar surface area (TPSA) is 102 Å². The summed E-state index contributed by atoms with van der Waals surface area (Å²) in [6.45, 7) is -0.152. The molecule has 1 heterocycles. The SMILES string of the molecule is N#CCNC(=O)C(Cc1csc2ccccc12)NC(=O)O.